The van der Waals surface area contributed by atoms with Crippen molar-refractivity contribution in [2.45, 2.75) is 0 Å². The molecule has 0 radical (unpaired) electrons. The molecule has 88 valence electrons. The molecule has 2 aromatic heterocycles. The van der Waals surface area contributed by atoms with Gasteiger partial charge in [-0.1, -0.05) is 0 Å². The molecule has 0 bridgehead atoms. The molecule has 2 aromatic rings. The molecule has 2 unspecified atom stereocenters. The number of rotatable bonds is 1. The Morgan fingerprint density at radius 1 is 1.24 bits per heavy atom. The lowest BCUT2D eigenvalue weighted by molar-refractivity contribution is 0.533. The fraction of sp³-hybridized carbons (Fsp3) is 0.545. The Hall–Kier alpha value is -1.69. The summed E-state index contributed by atoms with van der Waals surface area (Å²) in [5, 5.41) is 11.5. The molecule has 0 spiro atoms. The lowest BCUT2D eigenvalue weighted by atomic mass is 10.0. The average molecular weight is 230 g/mol. The molecule has 17 heavy (non-hydrogen) atoms. The minimum atomic E-state index is 0.764. The van der Waals surface area contributed by atoms with E-state index >= 15 is 0 Å². The van der Waals surface area contributed by atoms with Crippen LogP contribution in [0.15, 0.2) is 18.7 Å². The van der Waals surface area contributed by atoms with E-state index in [9.17, 15) is 0 Å². The van der Waals surface area contributed by atoms with E-state index in [-0.39, 0.29) is 0 Å². The van der Waals surface area contributed by atoms with Gasteiger partial charge in [-0.15, -0.1) is 10.2 Å². The first-order valence-corrected chi connectivity index (χ1v) is 6.02. The molecule has 4 heterocycles. The van der Waals surface area contributed by atoms with Crippen LogP contribution in [0.5, 0.6) is 0 Å². The predicted molar refractivity (Wildman–Crippen MR) is 62.8 cm³/mol. The molecule has 2 aliphatic rings. The van der Waals surface area contributed by atoms with Crippen LogP contribution in [0, 0.1) is 11.8 Å². The van der Waals surface area contributed by atoms with Crippen LogP contribution in [0.4, 0.5) is 5.82 Å². The second-order valence-corrected chi connectivity index (χ2v) is 4.90. The van der Waals surface area contributed by atoms with Crippen molar-refractivity contribution in [1.82, 2.24) is 24.9 Å². The van der Waals surface area contributed by atoms with E-state index in [1.807, 2.05) is 16.8 Å². The molecule has 2 fully saturated rings. The maximum Gasteiger partial charge on any atom is 0.203 e. The molecule has 2 atom stereocenters. The molecule has 0 aromatic carbocycles. The molecule has 0 aliphatic carbocycles. The summed E-state index contributed by atoms with van der Waals surface area (Å²) in [5.41, 5.74) is 0.862. The SMILES string of the molecule is c1cn2cnnc2c(N2CC3CNCC3C2)n1. The topological polar surface area (TPSA) is 58.4 Å². The van der Waals surface area contributed by atoms with Gasteiger partial charge in [0.25, 0.3) is 0 Å². The van der Waals surface area contributed by atoms with Crippen LogP contribution in [0.1, 0.15) is 0 Å². The van der Waals surface area contributed by atoms with Gasteiger partial charge in [-0.3, -0.25) is 4.40 Å². The van der Waals surface area contributed by atoms with Gasteiger partial charge >= 0.3 is 0 Å². The Bertz CT molecular complexity index is 538. The summed E-state index contributed by atoms with van der Waals surface area (Å²) < 4.78 is 1.93. The quantitative estimate of drug-likeness (QED) is 0.734. The van der Waals surface area contributed by atoms with Crippen LogP contribution in [-0.2, 0) is 0 Å². The van der Waals surface area contributed by atoms with Crippen molar-refractivity contribution in [3.63, 3.8) is 0 Å². The number of nitrogens with zero attached hydrogens (tertiary/aromatic N) is 5. The van der Waals surface area contributed by atoms with Gasteiger partial charge in [-0.2, -0.15) is 0 Å². The van der Waals surface area contributed by atoms with Crippen LogP contribution in [0.25, 0.3) is 5.65 Å². The van der Waals surface area contributed by atoms with Gasteiger partial charge in [0.2, 0.25) is 5.65 Å². The predicted octanol–water partition coefficient (Wildman–Crippen LogP) is -0.220. The zero-order chi connectivity index (χ0) is 11.2. The number of aromatic nitrogens is 4. The highest BCUT2D eigenvalue weighted by Gasteiger charge is 2.37. The summed E-state index contributed by atoms with van der Waals surface area (Å²) in [5.74, 6) is 2.50. The lowest BCUT2D eigenvalue weighted by Gasteiger charge is -2.18. The molecule has 0 amide bonds. The van der Waals surface area contributed by atoms with E-state index in [0.717, 1.165) is 49.5 Å². The first-order chi connectivity index (χ1) is 8.42. The fourth-order valence-corrected chi connectivity index (χ4v) is 3.00. The van der Waals surface area contributed by atoms with Crippen LogP contribution < -0.4 is 10.2 Å². The molecule has 2 aliphatic heterocycles. The van der Waals surface area contributed by atoms with Gasteiger partial charge in [0, 0.05) is 38.6 Å². The zero-order valence-electron chi connectivity index (χ0n) is 9.45. The van der Waals surface area contributed by atoms with E-state index in [1.54, 1.807) is 6.33 Å². The van der Waals surface area contributed by atoms with Crippen molar-refractivity contribution in [2.24, 2.45) is 11.8 Å². The van der Waals surface area contributed by atoms with Crippen molar-refractivity contribution in [2.75, 3.05) is 31.1 Å². The van der Waals surface area contributed by atoms with Gasteiger partial charge in [0.15, 0.2) is 5.82 Å². The third kappa shape index (κ3) is 1.33. The highest BCUT2D eigenvalue weighted by atomic mass is 15.3. The second kappa shape index (κ2) is 3.40. The molecule has 0 saturated carbocycles. The average Bonchev–Trinajstić information content (AvgIpc) is 3.02. The van der Waals surface area contributed by atoms with Gasteiger partial charge < -0.3 is 10.2 Å². The van der Waals surface area contributed by atoms with Crippen LogP contribution in [0.3, 0.4) is 0 Å². The Labute approximate surface area is 98.7 Å². The second-order valence-electron chi connectivity index (χ2n) is 4.90. The Kier molecular flexibility index (Phi) is 1.87. The largest absolute Gasteiger partial charge is 0.353 e. The number of fused-ring (bicyclic) bond motifs is 2. The maximum atomic E-state index is 4.47. The van der Waals surface area contributed by atoms with Gasteiger partial charge in [0.1, 0.15) is 6.33 Å². The van der Waals surface area contributed by atoms with E-state index in [1.165, 1.54) is 0 Å². The number of hydrogen-bond donors (Lipinski definition) is 1. The third-order valence-corrected chi connectivity index (χ3v) is 3.89. The minimum absolute atomic E-state index is 0.764. The Morgan fingerprint density at radius 3 is 2.88 bits per heavy atom. The minimum Gasteiger partial charge on any atom is -0.353 e. The normalized spacial score (nSPS) is 27.9. The summed E-state index contributed by atoms with van der Waals surface area (Å²) in [6, 6.07) is 0. The highest BCUT2D eigenvalue weighted by molar-refractivity contribution is 5.63. The lowest BCUT2D eigenvalue weighted by Crippen LogP contribution is -2.26. The molecule has 4 rings (SSSR count). The number of hydrogen-bond acceptors (Lipinski definition) is 5. The van der Waals surface area contributed by atoms with E-state index in [2.05, 4.69) is 25.4 Å². The van der Waals surface area contributed by atoms with Crippen molar-refractivity contribution < 1.29 is 0 Å². The first kappa shape index (κ1) is 9.35. The Morgan fingerprint density at radius 2 is 2.06 bits per heavy atom. The van der Waals surface area contributed by atoms with Crippen LogP contribution in [0.2, 0.25) is 0 Å². The molecular weight excluding hydrogens is 216 g/mol. The van der Waals surface area contributed by atoms with Crippen molar-refractivity contribution in [3.05, 3.63) is 18.7 Å². The number of anilines is 1. The van der Waals surface area contributed by atoms with Crippen molar-refractivity contribution >= 4 is 11.5 Å². The van der Waals surface area contributed by atoms with E-state index in [4.69, 9.17) is 0 Å². The van der Waals surface area contributed by atoms with Gasteiger partial charge in [-0.25, -0.2) is 4.98 Å². The van der Waals surface area contributed by atoms with E-state index in [0.29, 0.717) is 0 Å². The Balaban J connectivity index is 1.73. The highest BCUT2D eigenvalue weighted by Crippen LogP contribution is 2.30. The smallest absolute Gasteiger partial charge is 0.203 e. The molecule has 2 saturated heterocycles. The molecular formula is C11H14N6. The molecule has 6 nitrogen and oxygen atoms in total. The van der Waals surface area contributed by atoms with Gasteiger partial charge in [-0.05, 0) is 11.8 Å². The van der Waals surface area contributed by atoms with Gasteiger partial charge in [0.05, 0.1) is 0 Å². The fourth-order valence-electron chi connectivity index (χ4n) is 3.00. The number of nitrogens with one attached hydrogen (secondary N) is 1. The van der Waals surface area contributed by atoms with Crippen molar-refractivity contribution in [3.8, 4) is 0 Å². The molecule has 6 heteroatoms. The third-order valence-electron chi connectivity index (χ3n) is 3.89. The monoisotopic (exact) mass is 230 g/mol. The first-order valence-electron chi connectivity index (χ1n) is 6.02. The summed E-state index contributed by atoms with van der Waals surface area (Å²) >= 11 is 0. The van der Waals surface area contributed by atoms with E-state index < -0.39 is 0 Å². The van der Waals surface area contributed by atoms with Crippen LogP contribution >= 0.6 is 0 Å². The zero-order valence-corrected chi connectivity index (χ0v) is 9.45. The summed E-state index contributed by atoms with van der Waals surface area (Å²) in [6.45, 7) is 4.43. The summed E-state index contributed by atoms with van der Waals surface area (Å²) in [7, 11) is 0. The summed E-state index contributed by atoms with van der Waals surface area (Å²) in [6.07, 6.45) is 5.42. The van der Waals surface area contributed by atoms with Crippen LogP contribution in [-0.4, -0.2) is 45.8 Å². The van der Waals surface area contributed by atoms with Crippen molar-refractivity contribution in [1.29, 1.82) is 0 Å². The standard InChI is InChI=1S/C11H14N6/c1-2-16-7-14-15-11(16)10(13-1)17-5-8-3-12-4-9(8)6-17/h1-2,7-9,12H,3-6H2. The summed E-state index contributed by atoms with van der Waals surface area (Å²) in [4.78, 5) is 6.82. The maximum absolute atomic E-state index is 4.47. The molecule has 1 N–H and O–H groups in total.